The molecule has 0 atom stereocenters. The van der Waals surface area contributed by atoms with Gasteiger partial charge < -0.3 is 10.4 Å². The van der Waals surface area contributed by atoms with Crippen LogP contribution in [0.5, 0.6) is 0 Å². The third-order valence-electron chi connectivity index (χ3n) is 0.0500. The summed E-state index contributed by atoms with van der Waals surface area (Å²) in [5, 5.41) is 14.5. The minimum absolute atomic E-state index is 1.24. The van der Waals surface area contributed by atoms with Crippen molar-refractivity contribution in [2.45, 2.75) is 20.3 Å². The molecule has 46 valence electrons. The summed E-state index contributed by atoms with van der Waals surface area (Å²) >= 11 is 0. The van der Waals surface area contributed by atoms with Gasteiger partial charge in [0.2, 0.25) is 0 Å². The van der Waals surface area contributed by atoms with E-state index in [1.807, 2.05) is 0 Å². The summed E-state index contributed by atoms with van der Waals surface area (Å²) in [7, 11) is 0. The van der Waals surface area contributed by atoms with Crippen LogP contribution in [-0.4, -0.2) is 10.4 Å². The van der Waals surface area contributed by atoms with Gasteiger partial charge in [0.25, 0.3) is 0 Å². The SMILES string of the molecule is CCC.ONNO. The van der Waals surface area contributed by atoms with Crippen LogP contribution in [0.2, 0.25) is 0 Å². The van der Waals surface area contributed by atoms with Crippen molar-refractivity contribution < 1.29 is 10.4 Å². The minimum Gasteiger partial charge on any atom is -0.300 e. The molecule has 0 aliphatic carbocycles. The Balaban J connectivity index is 0. The van der Waals surface area contributed by atoms with Gasteiger partial charge in [-0.05, 0) is 0 Å². The molecule has 0 unspecified atom stereocenters. The summed E-state index contributed by atoms with van der Waals surface area (Å²) in [5.41, 5.74) is 2.47. The zero-order valence-electron chi connectivity index (χ0n) is 4.60. The van der Waals surface area contributed by atoms with Crippen LogP contribution in [-0.2, 0) is 0 Å². The molecule has 4 heteroatoms. The van der Waals surface area contributed by atoms with Gasteiger partial charge >= 0.3 is 0 Å². The summed E-state index contributed by atoms with van der Waals surface area (Å²) in [6.07, 6.45) is 1.25. The largest absolute Gasteiger partial charge is 0.300 e. The lowest BCUT2D eigenvalue weighted by molar-refractivity contribution is -0.0163. The average molecular weight is 108 g/mol. The van der Waals surface area contributed by atoms with Crippen molar-refractivity contribution in [3.05, 3.63) is 0 Å². The second-order valence-electron chi connectivity index (χ2n) is 0.931. The van der Waals surface area contributed by atoms with Gasteiger partial charge in [-0.25, -0.2) is 0 Å². The highest BCUT2D eigenvalue weighted by Gasteiger charge is 1.45. The molecule has 0 aliphatic rings. The molecule has 0 spiro atoms. The fourth-order valence-corrected chi connectivity index (χ4v) is 0. The van der Waals surface area contributed by atoms with Crippen LogP contribution in [0.3, 0.4) is 0 Å². The monoisotopic (exact) mass is 108 g/mol. The van der Waals surface area contributed by atoms with E-state index in [-0.39, 0.29) is 0 Å². The normalized spacial score (nSPS) is 6.86. The summed E-state index contributed by atoms with van der Waals surface area (Å²) in [6.45, 7) is 4.25. The average Bonchev–Trinajstić information content (AvgIpc) is 1.69. The van der Waals surface area contributed by atoms with E-state index in [0.29, 0.717) is 0 Å². The molecule has 0 aromatic rings. The minimum atomic E-state index is 1.24. The Bertz CT molecular complexity index is 18.4. The molecule has 0 fully saturated rings. The van der Waals surface area contributed by atoms with Crippen molar-refractivity contribution >= 4 is 0 Å². The predicted molar refractivity (Wildman–Crippen MR) is 25.8 cm³/mol. The van der Waals surface area contributed by atoms with Gasteiger partial charge in [0.05, 0.1) is 0 Å². The maximum absolute atomic E-state index is 7.26. The van der Waals surface area contributed by atoms with Crippen LogP contribution in [0.1, 0.15) is 20.3 Å². The number of nitrogens with one attached hydrogen (secondary N) is 2. The number of rotatable bonds is 1. The van der Waals surface area contributed by atoms with E-state index >= 15 is 0 Å². The number of hydrazine groups is 1. The van der Waals surface area contributed by atoms with Crippen LogP contribution in [0.25, 0.3) is 0 Å². The first-order chi connectivity index (χ1) is 3.33. The first kappa shape index (κ1) is 9.96. The Kier molecular flexibility index (Phi) is 24.1. The molecule has 0 amide bonds. The molecule has 0 aromatic heterocycles. The molecular formula is C3H12N2O2. The molecule has 4 N–H and O–H groups in total. The Morgan fingerprint density at radius 3 is 1.29 bits per heavy atom. The first-order valence-corrected chi connectivity index (χ1v) is 2.11. The standard InChI is InChI=1S/C3H8.H4N2O2/c1-3-2;3-1-2-4/h3H2,1-2H3;1-4H. The van der Waals surface area contributed by atoms with Gasteiger partial charge in [0.15, 0.2) is 0 Å². The topological polar surface area (TPSA) is 64.5 Å². The van der Waals surface area contributed by atoms with Crippen molar-refractivity contribution in [2.75, 3.05) is 0 Å². The van der Waals surface area contributed by atoms with Crippen molar-refractivity contribution in [1.82, 2.24) is 11.2 Å². The van der Waals surface area contributed by atoms with Crippen molar-refractivity contribution in [3.63, 3.8) is 0 Å². The first-order valence-electron chi connectivity index (χ1n) is 2.11. The summed E-state index contributed by atoms with van der Waals surface area (Å²) < 4.78 is 0. The molecule has 0 bridgehead atoms. The van der Waals surface area contributed by atoms with Gasteiger partial charge in [0, 0.05) is 0 Å². The summed E-state index contributed by atoms with van der Waals surface area (Å²) in [6, 6.07) is 0. The number of hydrogen-bond acceptors (Lipinski definition) is 4. The molecule has 0 rings (SSSR count). The molecule has 7 heavy (non-hydrogen) atoms. The van der Waals surface area contributed by atoms with E-state index in [2.05, 4.69) is 13.8 Å². The van der Waals surface area contributed by atoms with Gasteiger partial charge in [-0.15, -0.1) is 11.2 Å². The molecule has 0 aliphatic heterocycles. The lowest BCUT2D eigenvalue weighted by atomic mass is 10.6. The van der Waals surface area contributed by atoms with E-state index < -0.39 is 0 Å². The highest BCUT2D eigenvalue weighted by atomic mass is 16.6. The van der Waals surface area contributed by atoms with E-state index in [1.54, 1.807) is 0 Å². The van der Waals surface area contributed by atoms with Gasteiger partial charge in [0.1, 0.15) is 0 Å². The lowest BCUT2D eigenvalue weighted by Crippen LogP contribution is -2.23. The Hall–Kier alpha value is -0.160. The second-order valence-corrected chi connectivity index (χ2v) is 0.931. The van der Waals surface area contributed by atoms with Crippen molar-refractivity contribution in [3.8, 4) is 0 Å². The van der Waals surface area contributed by atoms with Gasteiger partial charge in [-0.2, -0.15) is 0 Å². The quantitative estimate of drug-likeness (QED) is 0.364. The van der Waals surface area contributed by atoms with E-state index in [1.165, 1.54) is 17.6 Å². The third kappa shape index (κ3) is 122. The molecule has 0 aromatic carbocycles. The highest BCUT2D eigenvalue weighted by molar-refractivity contribution is 3.92. The van der Waals surface area contributed by atoms with E-state index in [4.69, 9.17) is 10.4 Å². The van der Waals surface area contributed by atoms with Crippen LogP contribution in [0.15, 0.2) is 0 Å². The molecule has 0 saturated heterocycles. The Morgan fingerprint density at radius 2 is 1.29 bits per heavy atom. The fraction of sp³-hybridized carbons (Fsp3) is 1.00. The zero-order chi connectivity index (χ0) is 6.12. The Morgan fingerprint density at radius 1 is 1.14 bits per heavy atom. The summed E-state index contributed by atoms with van der Waals surface area (Å²) in [5.74, 6) is 0. The van der Waals surface area contributed by atoms with Gasteiger partial charge in [-0.3, -0.25) is 0 Å². The molecular weight excluding hydrogens is 96.0 g/mol. The maximum Gasteiger partial charge on any atom is -0.0590 e. The van der Waals surface area contributed by atoms with E-state index in [9.17, 15) is 0 Å². The maximum atomic E-state index is 7.26. The third-order valence-corrected chi connectivity index (χ3v) is 0.0500. The lowest BCUT2D eigenvalue weighted by Gasteiger charge is -1.79. The van der Waals surface area contributed by atoms with Gasteiger partial charge in [-0.1, -0.05) is 20.3 Å². The highest BCUT2D eigenvalue weighted by Crippen LogP contribution is 1.56. The smallest absolute Gasteiger partial charge is 0.0590 e. The zero-order valence-corrected chi connectivity index (χ0v) is 4.60. The van der Waals surface area contributed by atoms with Crippen LogP contribution in [0, 0.1) is 0 Å². The molecule has 4 nitrogen and oxygen atoms in total. The van der Waals surface area contributed by atoms with Crippen molar-refractivity contribution in [2.24, 2.45) is 0 Å². The van der Waals surface area contributed by atoms with Crippen molar-refractivity contribution in [1.29, 1.82) is 0 Å². The van der Waals surface area contributed by atoms with Crippen LogP contribution >= 0.6 is 0 Å². The predicted octanol–water partition coefficient (Wildman–Crippen LogP) is 0.275. The summed E-state index contributed by atoms with van der Waals surface area (Å²) in [4.78, 5) is 0. The Labute approximate surface area is 43.0 Å². The molecule has 0 radical (unpaired) electrons. The number of hydrogen-bond donors (Lipinski definition) is 4. The van der Waals surface area contributed by atoms with E-state index in [0.717, 1.165) is 0 Å². The van der Waals surface area contributed by atoms with Crippen LogP contribution in [0.4, 0.5) is 0 Å². The molecule has 0 saturated carbocycles. The van der Waals surface area contributed by atoms with Crippen LogP contribution < -0.4 is 11.2 Å². The molecule has 0 heterocycles. The fourth-order valence-electron chi connectivity index (χ4n) is 0. The second kappa shape index (κ2) is 17.0.